The van der Waals surface area contributed by atoms with Crippen molar-refractivity contribution < 1.29 is 19.1 Å². The Balaban J connectivity index is 1.70. The zero-order chi connectivity index (χ0) is 21.5. The molecule has 0 aromatic heterocycles. The number of ether oxygens (including phenoxy) is 2. The maximum atomic E-state index is 12.6. The van der Waals surface area contributed by atoms with E-state index in [0.29, 0.717) is 34.6 Å². The molecule has 1 heterocycles. The molecule has 0 N–H and O–H groups in total. The molecule has 2 amide bonds. The summed E-state index contributed by atoms with van der Waals surface area (Å²) in [4.78, 5) is 26.5. The predicted octanol–water partition coefficient (Wildman–Crippen LogP) is 6.15. The first-order valence-electron chi connectivity index (χ1n) is 9.82. The quantitative estimate of drug-likeness (QED) is 0.342. The second-order valence-electron chi connectivity index (χ2n) is 6.87. The van der Waals surface area contributed by atoms with Crippen molar-refractivity contribution in [1.29, 1.82) is 0 Å². The number of rotatable bonds is 9. The number of imide groups is 1. The lowest BCUT2D eigenvalue weighted by atomic mass is 10.1. The Kier molecular flexibility index (Phi) is 7.82. The Bertz CT molecular complexity index is 943. The van der Waals surface area contributed by atoms with Crippen LogP contribution in [0.15, 0.2) is 47.4 Å². The van der Waals surface area contributed by atoms with Crippen LogP contribution < -0.4 is 9.47 Å². The third kappa shape index (κ3) is 5.58. The van der Waals surface area contributed by atoms with Crippen molar-refractivity contribution >= 4 is 40.6 Å². The maximum Gasteiger partial charge on any atom is 0.293 e. The minimum atomic E-state index is -0.233. The SMILES string of the molecule is CCCCCN1C(=O)S/C(=C\c2ccc(OCc3ccc(Cl)cc3)c(OC)c2)C1=O. The Morgan fingerprint density at radius 3 is 2.53 bits per heavy atom. The van der Waals surface area contributed by atoms with E-state index in [0.717, 1.165) is 42.2 Å². The van der Waals surface area contributed by atoms with Crippen LogP contribution in [-0.4, -0.2) is 29.7 Å². The Hall–Kier alpha value is -2.44. The molecule has 158 valence electrons. The third-order valence-electron chi connectivity index (χ3n) is 4.65. The predicted molar refractivity (Wildman–Crippen MR) is 121 cm³/mol. The molecule has 0 atom stereocenters. The first-order chi connectivity index (χ1) is 14.5. The van der Waals surface area contributed by atoms with Crippen LogP contribution in [0.1, 0.15) is 37.3 Å². The number of thioether (sulfide) groups is 1. The minimum absolute atomic E-state index is 0.211. The highest BCUT2D eigenvalue weighted by Crippen LogP contribution is 2.35. The molecule has 0 bridgehead atoms. The van der Waals surface area contributed by atoms with Gasteiger partial charge in [0.2, 0.25) is 0 Å². The van der Waals surface area contributed by atoms with E-state index in [9.17, 15) is 9.59 Å². The number of nitrogens with zero attached hydrogens (tertiary/aromatic N) is 1. The average Bonchev–Trinajstić information content (AvgIpc) is 3.01. The molecule has 0 radical (unpaired) electrons. The van der Waals surface area contributed by atoms with Gasteiger partial charge in [-0.1, -0.05) is 49.6 Å². The summed E-state index contributed by atoms with van der Waals surface area (Å²) in [5, 5.41) is 0.465. The van der Waals surface area contributed by atoms with Crippen LogP contribution in [0.3, 0.4) is 0 Å². The first-order valence-corrected chi connectivity index (χ1v) is 11.0. The monoisotopic (exact) mass is 445 g/mol. The standard InChI is InChI=1S/C23H24ClNO4S/c1-3-4-5-12-25-22(26)21(30-23(25)27)14-17-8-11-19(20(13-17)28-2)29-15-16-6-9-18(24)10-7-16/h6-11,13-14H,3-5,12,15H2,1-2H3/b21-14-. The molecule has 3 rings (SSSR count). The van der Waals surface area contributed by atoms with Gasteiger partial charge in [0.25, 0.3) is 11.1 Å². The number of unbranched alkanes of at least 4 members (excludes halogenated alkanes) is 2. The van der Waals surface area contributed by atoms with Crippen molar-refractivity contribution in [2.24, 2.45) is 0 Å². The van der Waals surface area contributed by atoms with Gasteiger partial charge in [-0.15, -0.1) is 0 Å². The highest BCUT2D eigenvalue weighted by Gasteiger charge is 2.34. The zero-order valence-corrected chi connectivity index (χ0v) is 18.6. The van der Waals surface area contributed by atoms with E-state index in [-0.39, 0.29) is 11.1 Å². The van der Waals surface area contributed by atoms with Crippen molar-refractivity contribution in [3.05, 3.63) is 63.5 Å². The Labute approximate surface area is 186 Å². The van der Waals surface area contributed by atoms with Gasteiger partial charge in [-0.05, 0) is 59.7 Å². The molecule has 2 aromatic carbocycles. The molecule has 1 saturated heterocycles. The van der Waals surface area contributed by atoms with E-state index < -0.39 is 0 Å². The van der Waals surface area contributed by atoms with E-state index in [1.165, 1.54) is 4.90 Å². The van der Waals surface area contributed by atoms with Gasteiger partial charge in [0.1, 0.15) is 6.61 Å². The highest BCUT2D eigenvalue weighted by atomic mass is 35.5. The van der Waals surface area contributed by atoms with Gasteiger partial charge in [-0.3, -0.25) is 14.5 Å². The second-order valence-corrected chi connectivity index (χ2v) is 8.30. The van der Waals surface area contributed by atoms with E-state index in [2.05, 4.69) is 6.92 Å². The van der Waals surface area contributed by atoms with E-state index in [1.807, 2.05) is 30.3 Å². The number of methoxy groups -OCH3 is 1. The van der Waals surface area contributed by atoms with E-state index in [4.69, 9.17) is 21.1 Å². The number of hydrogen-bond donors (Lipinski definition) is 0. The molecule has 30 heavy (non-hydrogen) atoms. The molecular weight excluding hydrogens is 422 g/mol. The first kappa shape index (κ1) is 22.2. The van der Waals surface area contributed by atoms with Crippen LogP contribution in [0.2, 0.25) is 5.02 Å². The Morgan fingerprint density at radius 1 is 1.07 bits per heavy atom. The number of benzene rings is 2. The summed E-state index contributed by atoms with van der Waals surface area (Å²) >= 11 is 6.88. The van der Waals surface area contributed by atoms with Crippen LogP contribution in [-0.2, 0) is 11.4 Å². The summed E-state index contributed by atoms with van der Waals surface area (Å²) in [6, 6.07) is 12.9. The van der Waals surface area contributed by atoms with E-state index >= 15 is 0 Å². The van der Waals surface area contributed by atoms with Gasteiger partial charge in [-0.25, -0.2) is 0 Å². The fourth-order valence-corrected chi connectivity index (χ4v) is 3.99. The number of amides is 2. The number of carbonyl (C=O) groups excluding carboxylic acids is 2. The van der Waals surface area contributed by atoms with Crippen LogP contribution >= 0.6 is 23.4 Å². The van der Waals surface area contributed by atoms with Gasteiger partial charge in [0.15, 0.2) is 11.5 Å². The number of carbonyl (C=O) groups is 2. The van der Waals surface area contributed by atoms with Gasteiger partial charge in [0, 0.05) is 11.6 Å². The molecule has 1 aliphatic rings. The molecule has 7 heteroatoms. The normalized spacial score (nSPS) is 15.2. The zero-order valence-electron chi connectivity index (χ0n) is 17.0. The van der Waals surface area contributed by atoms with Gasteiger partial charge < -0.3 is 9.47 Å². The lowest BCUT2D eigenvalue weighted by Gasteiger charge is -2.12. The number of halogens is 1. The van der Waals surface area contributed by atoms with Crippen molar-refractivity contribution in [1.82, 2.24) is 4.90 Å². The molecule has 0 aliphatic carbocycles. The van der Waals surface area contributed by atoms with Gasteiger partial charge >= 0.3 is 0 Å². The van der Waals surface area contributed by atoms with Crippen LogP contribution in [0.25, 0.3) is 6.08 Å². The van der Waals surface area contributed by atoms with Crippen LogP contribution in [0.5, 0.6) is 11.5 Å². The summed E-state index contributed by atoms with van der Waals surface area (Å²) in [6.07, 6.45) is 4.58. The minimum Gasteiger partial charge on any atom is -0.493 e. The molecule has 0 saturated carbocycles. The molecule has 2 aromatic rings. The summed E-state index contributed by atoms with van der Waals surface area (Å²) in [7, 11) is 1.57. The molecular formula is C23H24ClNO4S. The molecule has 1 fully saturated rings. The van der Waals surface area contributed by atoms with Crippen molar-refractivity contribution in [2.75, 3.05) is 13.7 Å². The lowest BCUT2D eigenvalue weighted by molar-refractivity contribution is -0.122. The lowest BCUT2D eigenvalue weighted by Crippen LogP contribution is -2.29. The molecule has 0 unspecified atom stereocenters. The third-order valence-corrected chi connectivity index (χ3v) is 5.81. The molecule has 0 spiro atoms. The fourth-order valence-electron chi connectivity index (χ4n) is 3.00. The van der Waals surface area contributed by atoms with Gasteiger partial charge in [-0.2, -0.15) is 0 Å². The second kappa shape index (κ2) is 10.5. The number of hydrogen-bond acceptors (Lipinski definition) is 5. The summed E-state index contributed by atoms with van der Waals surface area (Å²) in [5.41, 5.74) is 1.76. The molecule has 5 nitrogen and oxygen atoms in total. The van der Waals surface area contributed by atoms with Crippen molar-refractivity contribution in [3.8, 4) is 11.5 Å². The molecule has 1 aliphatic heterocycles. The van der Waals surface area contributed by atoms with Crippen molar-refractivity contribution in [3.63, 3.8) is 0 Å². The summed E-state index contributed by atoms with van der Waals surface area (Å²) in [5.74, 6) is 0.917. The average molecular weight is 446 g/mol. The smallest absolute Gasteiger partial charge is 0.293 e. The van der Waals surface area contributed by atoms with Gasteiger partial charge in [0.05, 0.1) is 12.0 Å². The highest BCUT2D eigenvalue weighted by molar-refractivity contribution is 8.18. The summed E-state index contributed by atoms with van der Waals surface area (Å²) < 4.78 is 11.3. The fraction of sp³-hybridized carbons (Fsp3) is 0.304. The maximum absolute atomic E-state index is 12.6. The Morgan fingerprint density at radius 2 is 1.83 bits per heavy atom. The largest absolute Gasteiger partial charge is 0.493 e. The van der Waals surface area contributed by atoms with Crippen molar-refractivity contribution in [2.45, 2.75) is 32.8 Å². The van der Waals surface area contributed by atoms with Crippen LogP contribution in [0, 0.1) is 0 Å². The topological polar surface area (TPSA) is 55.8 Å². The van der Waals surface area contributed by atoms with Crippen LogP contribution in [0.4, 0.5) is 4.79 Å². The summed E-state index contributed by atoms with van der Waals surface area (Å²) in [6.45, 7) is 2.93. The van der Waals surface area contributed by atoms with E-state index in [1.54, 1.807) is 25.3 Å².